The Morgan fingerprint density at radius 1 is 1.56 bits per heavy atom. The third-order valence-electron chi connectivity index (χ3n) is 4.02. The fourth-order valence-corrected chi connectivity index (χ4v) is 3.96. The molecule has 2 atom stereocenters. The molecule has 0 bridgehead atoms. The van der Waals surface area contributed by atoms with Gasteiger partial charge in [-0.2, -0.15) is 0 Å². The van der Waals surface area contributed by atoms with Crippen molar-refractivity contribution in [1.29, 1.82) is 0 Å². The number of likely N-dealkylation sites (tertiary alicyclic amines) is 1. The van der Waals surface area contributed by atoms with Gasteiger partial charge >= 0.3 is 0 Å². The lowest BCUT2D eigenvalue weighted by Gasteiger charge is -2.30. The molecule has 1 aromatic heterocycles. The average molecular weight is 287 g/mol. The van der Waals surface area contributed by atoms with Crippen molar-refractivity contribution < 1.29 is 0 Å². The maximum absolute atomic E-state index is 6.02. The van der Waals surface area contributed by atoms with Crippen LogP contribution in [0.1, 0.15) is 38.1 Å². The minimum atomic E-state index is 0.342. The molecule has 0 aliphatic carbocycles. The molecule has 1 aliphatic heterocycles. The second-order valence-electron chi connectivity index (χ2n) is 6.27. The topological polar surface area (TPSA) is 29.3 Å². The summed E-state index contributed by atoms with van der Waals surface area (Å²) in [7, 11) is 0. The second-order valence-corrected chi connectivity index (χ2v) is 7.64. The van der Waals surface area contributed by atoms with Gasteiger partial charge in [-0.05, 0) is 30.4 Å². The van der Waals surface area contributed by atoms with Crippen molar-refractivity contribution in [3.05, 3.63) is 21.3 Å². The highest BCUT2D eigenvalue weighted by molar-refractivity contribution is 7.10. The number of rotatable bonds is 3. The van der Waals surface area contributed by atoms with Crippen molar-refractivity contribution in [2.45, 2.75) is 33.2 Å². The maximum atomic E-state index is 6.02. The molecule has 1 saturated heterocycles. The molecular weight excluding hydrogens is 264 g/mol. The Labute approximate surface area is 119 Å². The third kappa shape index (κ3) is 3.08. The summed E-state index contributed by atoms with van der Waals surface area (Å²) in [6.07, 6.45) is 1.28. The van der Waals surface area contributed by atoms with E-state index in [0.29, 0.717) is 18.0 Å². The van der Waals surface area contributed by atoms with Gasteiger partial charge in [-0.1, -0.05) is 32.4 Å². The minimum absolute atomic E-state index is 0.342. The molecule has 0 aromatic carbocycles. The van der Waals surface area contributed by atoms with E-state index >= 15 is 0 Å². The van der Waals surface area contributed by atoms with Crippen molar-refractivity contribution >= 4 is 22.9 Å². The van der Waals surface area contributed by atoms with Gasteiger partial charge in [0.25, 0.3) is 0 Å². The Morgan fingerprint density at radius 3 is 2.72 bits per heavy atom. The molecule has 2 N–H and O–H groups in total. The average Bonchev–Trinajstić information content (AvgIpc) is 2.88. The molecule has 0 amide bonds. The molecule has 1 aromatic rings. The van der Waals surface area contributed by atoms with Crippen LogP contribution in [0.4, 0.5) is 0 Å². The van der Waals surface area contributed by atoms with Crippen LogP contribution >= 0.6 is 22.9 Å². The van der Waals surface area contributed by atoms with E-state index in [4.69, 9.17) is 17.3 Å². The van der Waals surface area contributed by atoms with Crippen LogP contribution in [0.15, 0.2) is 11.4 Å². The molecule has 102 valence electrons. The lowest BCUT2D eigenvalue weighted by atomic mass is 9.80. The first-order valence-corrected chi connectivity index (χ1v) is 7.85. The number of nitrogens with two attached hydrogens (primary N) is 1. The first kappa shape index (κ1) is 14.3. The Balaban J connectivity index is 2.07. The fourth-order valence-electron chi connectivity index (χ4n) is 2.73. The molecule has 0 saturated carbocycles. The van der Waals surface area contributed by atoms with Gasteiger partial charge in [0, 0.05) is 23.3 Å². The van der Waals surface area contributed by atoms with Gasteiger partial charge in [-0.15, -0.1) is 11.3 Å². The SMILES string of the molecule is CC(C)(C)C1CCN(C(CN)c2cc(Cl)cs2)C1. The first-order valence-electron chi connectivity index (χ1n) is 6.60. The number of nitrogens with zero attached hydrogens (tertiary/aromatic N) is 1. The Bertz CT molecular complexity index is 397. The van der Waals surface area contributed by atoms with E-state index in [1.165, 1.54) is 11.3 Å². The van der Waals surface area contributed by atoms with Crippen LogP contribution in [-0.4, -0.2) is 24.5 Å². The van der Waals surface area contributed by atoms with Gasteiger partial charge < -0.3 is 5.73 Å². The van der Waals surface area contributed by atoms with Crippen molar-refractivity contribution in [2.24, 2.45) is 17.1 Å². The highest BCUT2D eigenvalue weighted by Crippen LogP contribution is 2.38. The largest absolute Gasteiger partial charge is 0.329 e. The zero-order valence-corrected chi connectivity index (χ0v) is 13.0. The summed E-state index contributed by atoms with van der Waals surface area (Å²) < 4.78 is 0. The molecule has 4 heteroatoms. The number of halogens is 1. The Morgan fingerprint density at radius 2 is 2.28 bits per heavy atom. The Kier molecular flexibility index (Phi) is 4.37. The van der Waals surface area contributed by atoms with Crippen LogP contribution in [-0.2, 0) is 0 Å². The van der Waals surface area contributed by atoms with E-state index in [1.807, 2.05) is 5.38 Å². The van der Waals surface area contributed by atoms with E-state index in [1.54, 1.807) is 11.3 Å². The molecular formula is C14H23ClN2S. The van der Waals surface area contributed by atoms with Crippen molar-refractivity contribution in [1.82, 2.24) is 4.90 Å². The van der Waals surface area contributed by atoms with E-state index in [-0.39, 0.29) is 0 Å². The highest BCUT2D eigenvalue weighted by atomic mass is 35.5. The summed E-state index contributed by atoms with van der Waals surface area (Å²) in [5, 5.41) is 2.83. The van der Waals surface area contributed by atoms with Crippen molar-refractivity contribution in [3.63, 3.8) is 0 Å². The van der Waals surface area contributed by atoms with Crippen LogP contribution in [0, 0.1) is 11.3 Å². The molecule has 0 radical (unpaired) electrons. The highest BCUT2D eigenvalue weighted by Gasteiger charge is 2.35. The molecule has 2 nitrogen and oxygen atoms in total. The van der Waals surface area contributed by atoms with Crippen molar-refractivity contribution in [3.8, 4) is 0 Å². The van der Waals surface area contributed by atoms with Gasteiger partial charge in [-0.25, -0.2) is 0 Å². The van der Waals surface area contributed by atoms with Gasteiger partial charge in [0.05, 0.1) is 11.1 Å². The van der Waals surface area contributed by atoms with E-state index < -0.39 is 0 Å². The third-order valence-corrected chi connectivity index (χ3v) is 5.41. The van der Waals surface area contributed by atoms with Crippen LogP contribution in [0.2, 0.25) is 5.02 Å². The van der Waals surface area contributed by atoms with Gasteiger partial charge in [0.15, 0.2) is 0 Å². The summed E-state index contributed by atoms with van der Waals surface area (Å²) >= 11 is 7.74. The quantitative estimate of drug-likeness (QED) is 0.916. The molecule has 18 heavy (non-hydrogen) atoms. The van der Waals surface area contributed by atoms with Crippen LogP contribution in [0.3, 0.4) is 0 Å². The van der Waals surface area contributed by atoms with E-state index in [0.717, 1.165) is 24.0 Å². The number of thiophene rings is 1. The zero-order chi connectivity index (χ0) is 13.3. The van der Waals surface area contributed by atoms with Crippen LogP contribution < -0.4 is 5.73 Å². The number of hydrogen-bond acceptors (Lipinski definition) is 3. The monoisotopic (exact) mass is 286 g/mol. The molecule has 1 aliphatic rings. The normalized spacial score (nSPS) is 23.5. The van der Waals surface area contributed by atoms with Crippen LogP contribution in [0.5, 0.6) is 0 Å². The number of hydrogen-bond donors (Lipinski definition) is 1. The second kappa shape index (κ2) is 5.49. The summed E-state index contributed by atoms with van der Waals surface area (Å²) in [4.78, 5) is 3.83. The lowest BCUT2D eigenvalue weighted by molar-refractivity contribution is 0.199. The first-order chi connectivity index (χ1) is 8.41. The van der Waals surface area contributed by atoms with Gasteiger partial charge in [-0.3, -0.25) is 4.90 Å². The smallest absolute Gasteiger partial charge is 0.0564 e. The molecule has 1 fully saturated rings. The fraction of sp³-hybridized carbons (Fsp3) is 0.714. The predicted octanol–water partition coefficient (Wildman–Crippen LogP) is 3.77. The predicted molar refractivity (Wildman–Crippen MR) is 80.3 cm³/mol. The zero-order valence-electron chi connectivity index (χ0n) is 11.4. The molecule has 2 unspecified atom stereocenters. The van der Waals surface area contributed by atoms with Crippen molar-refractivity contribution in [2.75, 3.05) is 19.6 Å². The molecule has 2 heterocycles. The summed E-state index contributed by atoms with van der Waals surface area (Å²) in [5.74, 6) is 0.766. The summed E-state index contributed by atoms with van der Waals surface area (Å²) in [5.41, 5.74) is 6.36. The minimum Gasteiger partial charge on any atom is -0.329 e. The Hall–Kier alpha value is -0.0900. The van der Waals surface area contributed by atoms with Crippen LogP contribution in [0.25, 0.3) is 0 Å². The van der Waals surface area contributed by atoms with Gasteiger partial charge in [0.2, 0.25) is 0 Å². The molecule has 2 rings (SSSR count). The van der Waals surface area contributed by atoms with E-state index in [2.05, 4.69) is 31.7 Å². The summed E-state index contributed by atoms with van der Waals surface area (Å²) in [6.45, 7) is 9.98. The summed E-state index contributed by atoms with van der Waals surface area (Å²) in [6, 6.07) is 2.41. The lowest BCUT2D eigenvalue weighted by Crippen LogP contribution is -2.33. The van der Waals surface area contributed by atoms with E-state index in [9.17, 15) is 0 Å². The standard InChI is InChI=1S/C14H23ClN2S/c1-14(2,3)10-4-5-17(8-10)12(7-16)13-6-11(15)9-18-13/h6,9-10,12H,4-5,7-8,16H2,1-3H3. The maximum Gasteiger partial charge on any atom is 0.0564 e. The van der Waals surface area contributed by atoms with Gasteiger partial charge in [0.1, 0.15) is 0 Å². The molecule has 0 spiro atoms.